The number of hydrogen-bond acceptors (Lipinski definition) is 4. The predicted octanol–water partition coefficient (Wildman–Crippen LogP) is 1.38. The third-order valence-corrected chi connectivity index (χ3v) is 4.06. The molecule has 5 nitrogen and oxygen atoms in total. The minimum Gasteiger partial charge on any atom is -0.382 e. The first kappa shape index (κ1) is 12.6. The molecule has 2 rings (SSSR count). The Balaban J connectivity index is 2.53. The van der Waals surface area contributed by atoms with E-state index in [2.05, 4.69) is 5.10 Å². The topological polar surface area (TPSA) is 78.0 Å². The quantitative estimate of drug-likeness (QED) is 0.889. The van der Waals surface area contributed by atoms with Crippen LogP contribution in [-0.2, 0) is 16.9 Å². The fourth-order valence-corrected chi connectivity index (χ4v) is 2.49. The number of benzene rings is 1. The monoisotopic (exact) mass is 265 g/mol. The molecule has 0 atom stereocenters. The first-order valence-electron chi connectivity index (χ1n) is 5.40. The molecular weight excluding hydrogens is 250 g/mol. The second-order valence-electron chi connectivity index (χ2n) is 4.27. The highest BCUT2D eigenvalue weighted by Gasteiger charge is 2.13. The van der Waals surface area contributed by atoms with Gasteiger partial charge in [-0.1, -0.05) is 12.1 Å². The van der Waals surface area contributed by atoms with Gasteiger partial charge in [0.1, 0.15) is 0 Å². The van der Waals surface area contributed by atoms with Crippen LogP contribution < -0.4 is 5.73 Å². The van der Waals surface area contributed by atoms with E-state index in [0.717, 1.165) is 16.8 Å². The number of nitrogen functional groups attached to an aromatic ring is 1. The van der Waals surface area contributed by atoms with Crippen molar-refractivity contribution in [3.63, 3.8) is 0 Å². The zero-order chi connectivity index (χ0) is 13.5. The number of aromatic nitrogens is 2. The van der Waals surface area contributed by atoms with Gasteiger partial charge in [0.2, 0.25) is 0 Å². The lowest BCUT2D eigenvalue weighted by molar-refractivity contribution is 0.602. The van der Waals surface area contributed by atoms with Crippen LogP contribution in [0.2, 0.25) is 0 Å². The summed E-state index contributed by atoms with van der Waals surface area (Å²) in [5.74, 6) is 0.446. The predicted molar refractivity (Wildman–Crippen MR) is 70.9 cm³/mol. The van der Waals surface area contributed by atoms with Gasteiger partial charge in [0.15, 0.2) is 15.7 Å². The Morgan fingerprint density at radius 3 is 2.17 bits per heavy atom. The van der Waals surface area contributed by atoms with Gasteiger partial charge >= 0.3 is 0 Å². The minimum absolute atomic E-state index is 0.298. The lowest BCUT2D eigenvalue weighted by Crippen LogP contribution is -1.96. The van der Waals surface area contributed by atoms with E-state index in [9.17, 15) is 8.42 Å². The Kier molecular flexibility index (Phi) is 2.90. The molecule has 0 unspecified atom stereocenters. The van der Waals surface area contributed by atoms with Gasteiger partial charge in [-0.05, 0) is 24.6 Å². The van der Waals surface area contributed by atoms with E-state index < -0.39 is 9.84 Å². The molecule has 0 aliphatic heterocycles. The number of hydrogen-bond donors (Lipinski definition) is 1. The fraction of sp³-hybridized carbons (Fsp3) is 0.250. The van der Waals surface area contributed by atoms with E-state index in [0.29, 0.717) is 10.7 Å². The molecule has 0 spiro atoms. The third kappa shape index (κ3) is 2.11. The Bertz CT molecular complexity index is 685. The molecular formula is C12H15N3O2S. The third-order valence-electron chi connectivity index (χ3n) is 2.93. The average molecular weight is 265 g/mol. The molecule has 0 saturated carbocycles. The van der Waals surface area contributed by atoms with Crippen molar-refractivity contribution in [3.8, 4) is 11.1 Å². The standard InChI is InChI=1S/C12H15N3O2S/c1-8-11(12(13)14-15(8)2)9-4-6-10(7-5-9)18(3,16)17/h4-7H,1-3H3,(H2,13,14). The summed E-state index contributed by atoms with van der Waals surface area (Å²) >= 11 is 0. The zero-order valence-corrected chi connectivity index (χ0v) is 11.3. The van der Waals surface area contributed by atoms with E-state index in [4.69, 9.17) is 5.73 Å². The van der Waals surface area contributed by atoms with Crippen LogP contribution in [-0.4, -0.2) is 24.5 Å². The van der Waals surface area contributed by atoms with Crippen LogP contribution in [0.5, 0.6) is 0 Å². The van der Waals surface area contributed by atoms with Crippen molar-refractivity contribution in [1.82, 2.24) is 9.78 Å². The van der Waals surface area contributed by atoms with Gasteiger partial charge in [-0.3, -0.25) is 4.68 Å². The van der Waals surface area contributed by atoms with E-state index in [1.54, 1.807) is 28.9 Å². The molecule has 0 aliphatic rings. The van der Waals surface area contributed by atoms with Gasteiger partial charge in [-0.15, -0.1) is 0 Å². The van der Waals surface area contributed by atoms with Gasteiger partial charge < -0.3 is 5.73 Å². The fourth-order valence-electron chi connectivity index (χ4n) is 1.86. The number of anilines is 1. The van der Waals surface area contributed by atoms with Crippen molar-refractivity contribution in [2.24, 2.45) is 7.05 Å². The summed E-state index contributed by atoms with van der Waals surface area (Å²) in [6, 6.07) is 6.65. The Hall–Kier alpha value is -1.82. The maximum Gasteiger partial charge on any atom is 0.175 e. The smallest absolute Gasteiger partial charge is 0.175 e. The SMILES string of the molecule is Cc1c(-c2ccc(S(C)(=O)=O)cc2)c(N)nn1C. The Morgan fingerprint density at radius 1 is 1.22 bits per heavy atom. The van der Waals surface area contributed by atoms with E-state index in [1.807, 2.05) is 14.0 Å². The molecule has 0 saturated heterocycles. The molecule has 0 aliphatic carbocycles. The molecule has 96 valence electrons. The van der Waals surface area contributed by atoms with Crippen molar-refractivity contribution < 1.29 is 8.42 Å². The summed E-state index contributed by atoms with van der Waals surface area (Å²) in [7, 11) is -1.35. The highest BCUT2D eigenvalue weighted by Crippen LogP contribution is 2.29. The number of aryl methyl sites for hydroxylation is 1. The molecule has 0 fully saturated rings. The van der Waals surface area contributed by atoms with Gasteiger partial charge in [-0.25, -0.2) is 8.42 Å². The first-order chi connectivity index (χ1) is 8.30. The molecule has 0 amide bonds. The molecule has 6 heteroatoms. The summed E-state index contributed by atoms with van der Waals surface area (Å²) in [4.78, 5) is 0.298. The molecule has 1 heterocycles. The summed E-state index contributed by atoms with van der Waals surface area (Å²) in [5.41, 5.74) is 8.50. The van der Waals surface area contributed by atoms with Gasteiger partial charge in [0.25, 0.3) is 0 Å². The van der Waals surface area contributed by atoms with Crippen LogP contribution in [0.3, 0.4) is 0 Å². The first-order valence-corrected chi connectivity index (χ1v) is 7.29. The number of rotatable bonds is 2. The summed E-state index contributed by atoms with van der Waals surface area (Å²) < 4.78 is 24.5. The number of sulfone groups is 1. The summed E-state index contributed by atoms with van der Waals surface area (Å²) in [6.45, 7) is 1.92. The van der Waals surface area contributed by atoms with Crippen molar-refractivity contribution in [3.05, 3.63) is 30.0 Å². The normalized spacial score (nSPS) is 11.7. The molecule has 1 aromatic carbocycles. The average Bonchev–Trinajstić information content (AvgIpc) is 2.52. The maximum atomic E-state index is 11.4. The molecule has 2 N–H and O–H groups in total. The number of nitrogens with zero attached hydrogens (tertiary/aromatic N) is 2. The second-order valence-corrected chi connectivity index (χ2v) is 6.28. The molecule has 1 aromatic heterocycles. The van der Waals surface area contributed by atoms with Gasteiger partial charge in [0.05, 0.1) is 4.90 Å². The van der Waals surface area contributed by atoms with Crippen LogP contribution in [0.25, 0.3) is 11.1 Å². The second kappa shape index (κ2) is 4.13. The lowest BCUT2D eigenvalue weighted by Gasteiger charge is -2.03. The summed E-state index contributed by atoms with van der Waals surface area (Å²) in [5, 5.41) is 4.13. The number of nitrogens with two attached hydrogens (primary N) is 1. The summed E-state index contributed by atoms with van der Waals surface area (Å²) in [6.07, 6.45) is 1.19. The van der Waals surface area contributed by atoms with Crippen molar-refractivity contribution in [2.45, 2.75) is 11.8 Å². The van der Waals surface area contributed by atoms with Crippen LogP contribution >= 0.6 is 0 Å². The molecule has 18 heavy (non-hydrogen) atoms. The zero-order valence-electron chi connectivity index (χ0n) is 10.5. The lowest BCUT2D eigenvalue weighted by atomic mass is 10.1. The molecule has 0 bridgehead atoms. The van der Waals surface area contributed by atoms with Crippen LogP contribution in [0.1, 0.15) is 5.69 Å². The van der Waals surface area contributed by atoms with E-state index >= 15 is 0 Å². The molecule has 0 radical (unpaired) electrons. The maximum absolute atomic E-state index is 11.4. The van der Waals surface area contributed by atoms with Crippen molar-refractivity contribution in [2.75, 3.05) is 12.0 Å². The highest BCUT2D eigenvalue weighted by molar-refractivity contribution is 7.90. The minimum atomic E-state index is -3.17. The van der Waals surface area contributed by atoms with Crippen LogP contribution in [0, 0.1) is 6.92 Å². The largest absolute Gasteiger partial charge is 0.382 e. The van der Waals surface area contributed by atoms with Crippen molar-refractivity contribution >= 4 is 15.7 Å². The van der Waals surface area contributed by atoms with E-state index in [1.165, 1.54) is 6.26 Å². The van der Waals surface area contributed by atoms with Gasteiger partial charge in [-0.2, -0.15) is 5.10 Å². The Morgan fingerprint density at radius 2 is 1.78 bits per heavy atom. The molecule has 2 aromatic rings. The Labute approximate surface area is 106 Å². The van der Waals surface area contributed by atoms with Gasteiger partial charge in [0, 0.05) is 24.6 Å². The van der Waals surface area contributed by atoms with Crippen LogP contribution in [0.15, 0.2) is 29.2 Å². The van der Waals surface area contributed by atoms with Crippen molar-refractivity contribution in [1.29, 1.82) is 0 Å². The highest BCUT2D eigenvalue weighted by atomic mass is 32.2. The van der Waals surface area contributed by atoms with E-state index in [-0.39, 0.29) is 0 Å². The van der Waals surface area contributed by atoms with Crippen LogP contribution in [0.4, 0.5) is 5.82 Å².